The smallest absolute Gasteiger partial charge is 0.358 e. The third-order valence-corrected chi connectivity index (χ3v) is 3.97. The molecule has 0 aromatic carbocycles. The minimum atomic E-state index is -0.409. The Morgan fingerprint density at radius 3 is 2.84 bits per heavy atom. The lowest BCUT2D eigenvalue weighted by Gasteiger charge is -2.38. The highest BCUT2D eigenvalue weighted by Gasteiger charge is 2.34. The molecule has 2 unspecified atom stereocenters. The summed E-state index contributed by atoms with van der Waals surface area (Å²) in [5.74, 6) is 1.78. The van der Waals surface area contributed by atoms with Gasteiger partial charge in [0, 0.05) is 33.1 Å². The van der Waals surface area contributed by atoms with Crippen LogP contribution in [-0.4, -0.2) is 33.6 Å². The van der Waals surface area contributed by atoms with E-state index in [0.717, 1.165) is 19.4 Å². The van der Waals surface area contributed by atoms with E-state index in [4.69, 9.17) is 5.73 Å². The molecular weight excluding hydrogens is 246 g/mol. The zero-order chi connectivity index (χ0) is 14.2. The van der Waals surface area contributed by atoms with Crippen LogP contribution in [0.5, 0.6) is 0 Å². The van der Waals surface area contributed by atoms with Crippen molar-refractivity contribution in [3.63, 3.8) is 0 Å². The van der Waals surface area contributed by atoms with Gasteiger partial charge in [-0.05, 0) is 28.7 Å². The van der Waals surface area contributed by atoms with Crippen LogP contribution in [0.3, 0.4) is 0 Å². The zero-order valence-electron chi connectivity index (χ0n) is 11.7. The molecule has 7 nitrogen and oxygen atoms in total. The summed E-state index contributed by atoms with van der Waals surface area (Å²) in [5, 5.41) is 11.2. The zero-order valence-corrected chi connectivity index (χ0v) is 11.7. The number of nitrogens with two attached hydrogens (primary N) is 1. The van der Waals surface area contributed by atoms with E-state index in [9.17, 15) is 10.1 Å². The third kappa shape index (κ3) is 2.42. The monoisotopic (exact) mass is 267 g/mol. The van der Waals surface area contributed by atoms with Crippen molar-refractivity contribution < 1.29 is 4.92 Å². The maximum Gasteiger partial charge on any atom is 0.406 e. The van der Waals surface area contributed by atoms with Gasteiger partial charge in [0.05, 0.1) is 0 Å². The number of nitro groups is 1. The number of imidazole rings is 1. The van der Waals surface area contributed by atoms with Gasteiger partial charge in [-0.1, -0.05) is 6.92 Å². The first kappa shape index (κ1) is 13.8. The molecule has 2 atom stereocenters. The van der Waals surface area contributed by atoms with Crippen molar-refractivity contribution in [1.29, 1.82) is 0 Å². The molecule has 0 saturated carbocycles. The van der Waals surface area contributed by atoms with Crippen LogP contribution in [0.2, 0.25) is 0 Å². The minimum absolute atomic E-state index is 0.0620. The van der Waals surface area contributed by atoms with Crippen LogP contribution in [0.25, 0.3) is 0 Å². The molecule has 0 spiro atoms. The molecule has 106 valence electrons. The van der Waals surface area contributed by atoms with E-state index in [2.05, 4.69) is 16.8 Å². The number of aromatic nitrogens is 2. The summed E-state index contributed by atoms with van der Waals surface area (Å²) in [5.41, 5.74) is 5.84. The highest BCUT2D eigenvalue weighted by Crippen LogP contribution is 2.34. The van der Waals surface area contributed by atoms with Gasteiger partial charge in [0.2, 0.25) is 11.6 Å². The molecule has 1 aliphatic heterocycles. The maximum atomic E-state index is 11.2. The van der Waals surface area contributed by atoms with Crippen molar-refractivity contribution >= 4 is 11.6 Å². The molecule has 1 saturated heterocycles. The van der Waals surface area contributed by atoms with Gasteiger partial charge in [-0.2, -0.15) is 0 Å². The van der Waals surface area contributed by atoms with Gasteiger partial charge >= 0.3 is 5.82 Å². The van der Waals surface area contributed by atoms with Crippen molar-refractivity contribution in [1.82, 2.24) is 9.55 Å². The second-order valence-corrected chi connectivity index (χ2v) is 5.33. The molecule has 7 heteroatoms. The number of aryl methyl sites for hydroxylation is 1. The normalized spacial score (nSPS) is 23.7. The average molecular weight is 267 g/mol. The van der Waals surface area contributed by atoms with Crippen molar-refractivity contribution in [2.75, 3.05) is 18.0 Å². The summed E-state index contributed by atoms with van der Waals surface area (Å²) < 4.78 is 1.79. The van der Waals surface area contributed by atoms with E-state index in [1.807, 2.05) is 7.05 Å². The Balaban J connectivity index is 2.42. The summed E-state index contributed by atoms with van der Waals surface area (Å²) in [6.07, 6.45) is 2.00. The molecule has 1 fully saturated rings. The summed E-state index contributed by atoms with van der Waals surface area (Å²) >= 11 is 0. The Labute approximate surface area is 112 Å². The fourth-order valence-corrected chi connectivity index (χ4v) is 2.78. The lowest BCUT2D eigenvalue weighted by Crippen LogP contribution is -2.47. The number of nitrogens with zero attached hydrogens (tertiary/aromatic N) is 4. The largest absolute Gasteiger partial charge is 0.406 e. The van der Waals surface area contributed by atoms with E-state index in [1.165, 1.54) is 0 Å². The third-order valence-electron chi connectivity index (χ3n) is 3.97. The molecule has 0 aliphatic carbocycles. The van der Waals surface area contributed by atoms with Gasteiger partial charge < -0.3 is 20.7 Å². The van der Waals surface area contributed by atoms with E-state index < -0.39 is 4.92 Å². The summed E-state index contributed by atoms with van der Waals surface area (Å²) in [6.45, 7) is 5.28. The number of rotatable bonds is 3. The molecule has 0 amide bonds. The van der Waals surface area contributed by atoms with Crippen LogP contribution in [0.1, 0.15) is 25.6 Å². The standard InChI is InChI=1S/C12H21N5O2/c1-8-4-5-16(10(6-8)7-13)12-11(17(18)19)14-9(2)15(12)3/h8,10H,4-7,13H2,1-3H3. The lowest BCUT2D eigenvalue weighted by molar-refractivity contribution is -0.388. The highest BCUT2D eigenvalue weighted by molar-refractivity contribution is 5.57. The Kier molecular flexibility index (Phi) is 3.75. The first-order chi connectivity index (χ1) is 8.95. The first-order valence-corrected chi connectivity index (χ1v) is 6.60. The lowest BCUT2D eigenvalue weighted by atomic mass is 9.92. The number of piperidine rings is 1. The number of hydrogen-bond acceptors (Lipinski definition) is 5. The maximum absolute atomic E-state index is 11.2. The quantitative estimate of drug-likeness (QED) is 0.656. The molecule has 2 heterocycles. The molecule has 2 rings (SSSR count). The van der Waals surface area contributed by atoms with Crippen molar-refractivity contribution in [2.45, 2.75) is 32.7 Å². The molecular formula is C12H21N5O2. The SMILES string of the molecule is Cc1nc([N+](=O)[O-])c(N2CCC(C)CC2CN)n1C. The van der Waals surface area contributed by atoms with E-state index >= 15 is 0 Å². The van der Waals surface area contributed by atoms with Gasteiger partial charge in [-0.25, -0.2) is 0 Å². The molecule has 1 aromatic heterocycles. The fraction of sp³-hybridized carbons (Fsp3) is 0.750. The van der Waals surface area contributed by atoms with E-state index in [-0.39, 0.29) is 11.9 Å². The molecule has 0 radical (unpaired) electrons. The number of anilines is 1. The van der Waals surface area contributed by atoms with Crippen LogP contribution in [-0.2, 0) is 7.05 Å². The average Bonchev–Trinajstić information content (AvgIpc) is 2.66. The molecule has 1 aromatic rings. The predicted octanol–water partition coefficient (Wildman–Crippen LogP) is 1.20. The van der Waals surface area contributed by atoms with Crippen molar-refractivity contribution in [2.24, 2.45) is 18.7 Å². The summed E-state index contributed by atoms with van der Waals surface area (Å²) in [4.78, 5) is 16.9. The molecule has 19 heavy (non-hydrogen) atoms. The summed E-state index contributed by atoms with van der Waals surface area (Å²) in [7, 11) is 1.82. The first-order valence-electron chi connectivity index (χ1n) is 6.60. The number of hydrogen-bond donors (Lipinski definition) is 1. The van der Waals surface area contributed by atoms with Gasteiger partial charge in [0.1, 0.15) is 0 Å². The van der Waals surface area contributed by atoms with Crippen LogP contribution in [0, 0.1) is 23.0 Å². The molecule has 2 N–H and O–H groups in total. The van der Waals surface area contributed by atoms with Crippen LogP contribution in [0.4, 0.5) is 11.6 Å². The topological polar surface area (TPSA) is 90.2 Å². The van der Waals surface area contributed by atoms with Gasteiger partial charge in [-0.15, -0.1) is 0 Å². The Hall–Kier alpha value is -1.63. The second kappa shape index (κ2) is 5.16. The second-order valence-electron chi connectivity index (χ2n) is 5.33. The Morgan fingerprint density at radius 1 is 1.58 bits per heavy atom. The summed E-state index contributed by atoms with van der Waals surface area (Å²) in [6, 6.07) is 0.150. The fourth-order valence-electron chi connectivity index (χ4n) is 2.78. The Morgan fingerprint density at radius 2 is 2.26 bits per heavy atom. The van der Waals surface area contributed by atoms with Crippen LogP contribution in [0.15, 0.2) is 0 Å². The predicted molar refractivity (Wildman–Crippen MR) is 73.2 cm³/mol. The van der Waals surface area contributed by atoms with Gasteiger partial charge in [-0.3, -0.25) is 4.57 Å². The van der Waals surface area contributed by atoms with Crippen molar-refractivity contribution in [3.05, 3.63) is 15.9 Å². The van der Waals surface area contributed by atoms with Crippen molar-refractivity contribution in [3.8, 4) is 0 Å². The van der Waals surface area contributed by atoms with Gasteiger partial charge in [0.15, 0.2) is 0 Å². The van der Waals surface area contributed by atoms with E-state index in [0.29, 0.717) is 24.1 Å². The van der Waals surface area contributed by atoms with Gasteiger partial charge in [0.25, 0.3) is 0 Å². The highest BCUT2D eigenvalue weighted by atomic mass is 16.6. The minimum Gasteiger partial charge on any atom is -0.358 e. The molecule has 0 bridgehead atoms. The van der Waals surface area contributed by atoms with Crippen LogP contribution < -0.4 is 10.6 Å². The van der Waals surface area contributed by atoms with Crippen LogP contribution >= 0.6 is 0 Å². The molecule has 1 aliphatic rings. The van der Waals surface area contributed by atoms with E-state index in [1.54, 1.807) is 11.5 Å². The Bertz CT molecular complexity index is 485.